The van der Waals surface area contributed by atoms with Crippen LogP contribution in [0.25, 0.3) is 0 Å². The fraction of sp³-hybridized carbons (Fsp3) is 0.375. The maximum atomic E-state index is 3.94. The van der Waals surface area contributed by atoms with Gasteiger partial charge in [-0.05, 0) is 53.2 Å². The SMILES string of the molecule is BrC(c1cccs1)C1C2CCc3ccccc3C21. The summed E-state index contributed by atoms with van der Waals surface area (Å²) in [5.41, 5.74) is 3.21. The quantitative estimate of drug-likeness (QED) is 0.671. The van der Waals surface area contributed by atoms with Crippen LogP contribution >= 0.6 is 27.3 Å². The Morgan fingerprint density at radius 2 is 2.06 bits per heavy atom. The minimum Gasteiger partial charge on any atom is -0.148 e. The molecule has 0 spiro atoms. The van der Waals surface area contributed by atoms with Gasteiger partial charge in [0.05, 0.1) is 4.83 Å². The van der Waals surface area contributed by atoms with Crippen molar-refractivity contribution in [2.45, 2.75) is 23.6 Å². The highest BCUT2D eigenvalue weighted by molar-refractivity contribution is 9.09. The molecule has 2 aliphatic rings. The lowest BCUT2D eigenvalue weighted by Crippen LogP contribution is -2.00. The van der Waals surface area contributed by atoms with E-state index in [1.165, 1.54) is 17.7 Å². The number of aryl methyl sites for hydroxylation is 1. The summed E-state index contributed by atoms with van der Waals surface area (Å²) in [6.07, 6.45) is 2.65. The van der Waals surface area contributed by atoms with E-state index in [9.17, 15) is 0 Å². The molecule has 4 rings (SSSR count). The van der Waals surface area contributed by atoms with E-state index in [0.29, 0.717) is 4.83 Å². The Morgan fingerprint density at radius 1 is 1.17 bits per heavy atom. The first-order chi connectivity index (χ1) is 8.86. The maximum Gasteiger partial charge on any atom is 0.0526 e. The molecule has 1 heterocycles. The Hall–Kier alpha value is -0.600. The molecule has 4 atom stereocenters. The highest BCUT2D eigenvalue weighted by Crippen LogP contribution is 2.66. The molecule has 0 nitrogen and oxygen atoms in total. The summed E-state index contributed by atoms with van der Waals surface area (Å²) in [5.74, 6) is 2.53. The summed E-state index contributed by atoms with van der Waals surface area (Å²) in [5, 5.41) is 2.18. The minimum atomic E-state index is 0.554. The van der Waals surface area contributed by atoms with Crippen LogP contribution in [-0.4, -0.2) is 0 Å². The molecular weight excluding hydrogens is 304 g/mol. The van der Waals surface area contributed by atoms with Crippen LogP contribution in [0.3, 0.4) is 0 Å². The Kier molecular flexibility index (Phi) is 2.63. The summed E-state index contributed by atoms with van der Waals surface area (Å²) < 4.78 is 0. The first-order valence-electron chi connectivity index (χ1n) is 6.61. The monoisotopic (exact) mass is 318 g/mol. The van der Waals surface area contributed by atoms with Crippen LogP contribution < -0.4 is 0 Å². The van der Waals surface area contributed by atoms with Gasteiger partial charge in [-0.1, -0.05) is 46.3 Å². The van der Waals surface area contributed by atoms with Crippen molar-refractivity contribution < 1.29 is 0 Å². The summed E-state index contributed by atoms with van der Waals surface area (Å²) in [6.45, 7) is 0. The van der Waals surface area contributed by atoms with Gasteiger partial charge in [-0.2, -0.15) is 0 Å². The highest BCUT2D eigenvalue weighted by atomic mass is 79.9. The zero-order valence-corrected chi connectivity index (χ0v) is 12.5. The second kappa shape index (κ2) is 4.21. The van der Waals surface area contributed by atoms with Gasteiger partial charge in [0, 0.05) is 4.88 Å². The molecule has 0 amide bonds. The molecule has 1 saturated carbocycles. The van der Waals surface area contributed by atoms with E-state index in [1.807, 2.05) is 11.3 Å². The predicted octanol–water partition coefficient (Wildman–Crippen LogP) is 5.16. The van der Waals surface area contributed by atoms with Gasteiger partial charge in [-0.25, -0.2) is 0 Å². The van der Waals surface area contributed by atoms with E-state index in [1.54, 1.807) is 11.1 Å². The van der Waals surface area contributed by atoms with Crippen molar-refractivity contribution in [1.29, 1.82) is 0 Å². The van der Waals surface area contributed by atoms with Crippen LogP contribution in [-0.2, 0) is 6.42 Å². The number of rotatable bonds is 2. The zero-order chi connectivity index (χ0) is 12.1. The van der Waals surface area contributed by atoms with Gasteiger partial charge in [0.2, 0.25) is 0 Å². The maximum absolute atomic E-state index is 3.94. The van der Waals surface area contributed by atoms with Crippen molar-refractivity contribution >= 4 is 27.3 Å². The fourth-order valence-electron chi connectivity index (χ4n) is 3.66. The lowest BCUT2D eigenvalue weighted by molar-refractivity contribution is 0.629. The fourth-order valence-corrected chi connectivity index (χ4v) is 5.61. The molecule has 18 heavy (non-hydrogen) atoms. The van der Waals surface area contributed by atoms with Gasteiger partial charge in [0.15, 0.2) is 0 Å². The molecule has 0 N–H and O–H groups in total. The van der Waals surface area contributed by atoms with E-state index in [-0.39, 0.29) is 0 Å². The molecule has 1 aromatic heterocycles. The normalized spacial score (nSPS) is 30.4. The second-order valence-electron chi connectivity index (χ2n) is 5.42. The standard InChI is InChI=1S/C16H15BrS/c17-16(13-6-3-9-18-13)15-12-8-7-10-4-1-2-5-11(10)14(12)15/h1-6,9,12,14-16H,7-8H2. The van der Waals surface area contributed by atoms with E-state index in [4.69, 9.17) is 0 Å². The summed E-state index contributed by atoms with van der Waals surface area (Å²) >= 11 is 5.82. The Bertz CT molecular complexity index is 560. The Labute approximate surface area is 120 Å². The van der Waals surface area contributed by atoms with E-state index >= 15 is 0 Å². The molecule has 0 saturated heterocycles. The van der Waals surface area contributed by atoms with Gasteiger partial charge >= 0.3 is 0 Å². The molecular formula is C16H15BrS. The second-order valence-corrected chi connectivity index (χ2v) is 7.39. The Balaban J connectivity index is 1.65. The third-order valence-corrected chi connectivity index (χ3v) is 6.91. The first kappa shape index (κ1) is 11.2. The number of alkyl halides is 1. The van der Waals surface area contributed by atoms with Crippen LogP contribution in [0.15, 0.2) is 41.8 Å². The van der Waals surface area contributed by atoms with Gasteiger partial charge in [0.25, 0.3) is 0 Å². The van der Waals surface area contributed by atoms with Crippen LogP contribution in [0.5, 0.6) is 0 Å². The lowest BCUT2D eigenvalue weighted by Gasteiger charge is -2.13. The minimum absolute atomic E-state index is 0.554. The number of thiophene rings is 1. The zero-order valence-electron chi connectivity index (χ0n) is 10.1. The molecule has 1 aromatic carbocycles. The van der Waals surface area contributed by atoms with Crippen molar-refractivity contribution in [3.8, 4) is 0 Å². The van der Waals surface area contributed by atoms with Crippen LogP contribution in [0.4, 0.5) is 0 Å². The van der Waals surface area contributed by atoms with Crippen molar-refractivity contribution in [3.05, 3.63) is 57.8 Å². The summed E-state index contributed by atoms with van der Waals surface area (Å²) in [7, 11) is 0. The predicted molar refractivity (Wildman–Crippen MR) is 80.5 cm³/mol. The number of halogens is 1. The number of hydrogen-bond acceptors (Lipinski definition) is 1. The molecule has 0 radical (unpaired) electrons. The van der Waals surface area contributed by atoms with Gasteiger partial charge in [0.1, 0.15) is 0 Å². The molecule has 2 heteroatoms. The van der Waals surface area contributed by atoms with Gasteiger partial charge in [-0.3, -0.25) is 0 Å². The molecule has 2 aromatic rings. The highest BCUT2D eigenvalue weighted by Gasteiger charge is 2.56. The average molecular weight is 319 g/mol. The summed E-state index contributed by atoms with van der Waals surface area (Å²) in [4.78, 5) is 2.05. The molecule has 0 bridgehead atoms. The smallest absolute Gasteiger partial charge is 0.0526 e. The van der Waals surface area contributed by atoms with E-state index < -0.39 is 0 Å². The lowest BCUT2D eigenvalue weighted by atomic mass is 9.92. The van der Waals surface area contributed by atoms with Crippen molar-refractivity contribution in [1.82, 2.24) is 0 Å². The van der Waals surface area contributed by atoms with Crippen molar-refractivity contribution in [2.75, 3.05) is 0 Å². The average Bonchev–Trinajstić information content (AvgIpc) is 2.89. The van der Waals surface area contributed by atoms with Crippen LogP contribution in [0.1, 0.15) is 33.2 Å². The van der Waals surface area contributed by atoms with Gasteiger partial charge in [-0.15, -0.1) is 11.3 Å². The summed E-state index contributed by atoms with van der Waals surface area (Å²) in [6, 6.07) is 13.5. The number of benzene rings is 1. The van der Waals surface area contributed by atoms with Crippen molar-refractivity contribution in [2.24, 2.45) is 11.8 Å². The number of fused-ring (bicyclic) bond motifs is 3. The number of hydrogen-bond donors (Lipinski definition) is 0. The van der Waals surface area contributed by atoms with Gasteiger partial charge < -0.3 is 0 Å². The third-order valence-electron chi connectivity index (χ3n) is 4.54. The molecule has 4 unspecified atom stereocenters. The largest absolute Gasteiger partial charge is 0.148 e. The van der Waals surface area contributed by atoms with Crippen LogP contribution in [0, 0.1) is 11.8 Å². The molecule has 2 aliphatic carbocycles. The van der Waals surface area contributed by atoms with Crippen LogP contribution in [0.2, 0.25) is 0 Å². The van der Waals surface area contributed by atoms with Crippen molar-refractivity contribution in [3.63, 3.8) is 0 Å². The molecule has 1 fully saturated rings. The topological polar surface area (TPSA) is 0 Å². The van der Waals surface area contributed by atoms with E-state index in [2.05, 4.69) is 57.7 Å². The Morgan fingerprint density at radius 3 is 2.89 bits per heavy atom. The first-order valence-corrected chi connectivity index (χ1v) is 8.41. The molecule has 0 aliphatic heterocycles. The third kappa shape index (κ3) is 1.62. The van der Waals surface area contributed by atoms with E-state index in [0.717, 1.165) is 17.8 Å². The molecule has 92 valence electrons.